The molecule has 0 spiro atoms. The van der Waals surface area contributed by atoms with Crippen LogP contribution in [0.3, 0.4) is 0 Å². The lowest BCUT2D eigenvalue weighted by Gasteiger charge is -2.09. The lowest BCUT2D eigenvalue weighted by atomic mass is 10.3. The van der Waals surface area contributed by atoms with Crippen molar-refractivity contribution in [3.8, 4) is 11.5 Å². The van der Waals surface area contributed by atoms with Crippen LogP contribution in [0, 0.1) is 0 Å². The van der Waals surface area contributed by atoms with Gasteiger partial charge in [-0.3, -0.25) is 4.79 Å². The summed E-state index contributed by atoms with van der Waals surface area (Å²) in [4.78, 5) is 11.6. The summed E-state index contributed by atoms with van der Waals surface area (Å²) in [5.74, 6) is 1.17. The van der Waals surface area contributed by atoms with Gasteiger partial charge in [-0.1, -0.05) is 6.07 Å². The van der Waals surface area contributed by atoms with Crippen molar-refractivity contribution in [3.63, 3.8) is 0 Å². The first-order valence-electron chi connectivity index (χ1n) is 6.77. The maximum Gasteiger partial charge on any atom is 0.257 e. The van der Waals surface area contributed by atoms with Crippen LogP contribution in [0.2, 0.25) is 0 Å². The second-order valence-corrected chi connectivity index (χ2v) is 4.59. The topological polar surface area (TPSA) is 56.8 Å². The molecule has 0 radical (unpaired) electrons. The molecular formula is C15H23NO4. The van der Waals surface area contributed by atoms with Gasteiger partial charge in [0.05, 0.1) is 13.2 Å². The van der Waals surface area contributed by atoms with Crippen molar-refractivity contribution in [1.29, 1.82) is 0 Å². The van der Waals surface area contributed by atoms with Crippen LogP contribution in [0.1, 0.15) is 20.3 Å². The van der Waals surface area contributed by atoms with Crippen LogP contribution in [0.25, 0.3) is 0 Å². The third-order valence-corrected chi connectivity index (χ3v) is 2.51. The Morgan fingerprint density at radius 1 is 1.30 bits per heavy atom. The van der Waals surface area contributed by atoms with Crippen molar-refractivity contribution < 1.29 is 19.0 Å². The lowest BCUT2D eigenvalue weighted by molar-refractivity contribution is -0.123. The number of benzene rings is 1. The summed E-state index contributed by atoms with van der Waals surface area (Å²) in [6.07, 6.45) is 1.02. The third kappa shape index (κ3) is 6.99. The highest BCUT2D eigenvalue weighted by Gasteiger charge is 2.03. The zero-order valence-corrected chi connectivity index (χ0v) is 12.3. The van der Waals surface area contributed by atoms with Crippen LogP contribution < -0.4 is 14.8 Å². The number of nitrogens with one attached hydrogen (secondary N) is 1. The first-order valence-corrected chi connectivity index (χ1v) is 6.77. The molecule has 5 heteroatoms. The van der Waals surface area contributed by atoms with Gasteiger partial charge in [0.25, 0.3) is 5.91 Å². The van der Waals surface area contributed by atoms with Gasteiger partial charge in [-0.05, 0) is 32.4 Å². The molecule has 0 unspecified atom stereocenters. The van der Waals surface area contributed by atoms with Crippen LogP contribution >= 0.6 is 0 Å². The first kappa shape index (κ1) is 16.3. The fourth-order valence-corrected chi connectivity index (χ4v) is 1.51. The van der Waals surface area contributed by atoms with Crippen molar-refractivity contribution in [2.75, 3.05) is 26.9 Å². The van der Waals surface area contributed by atoms with E-state index in [9.17, 15) is 4.79 Å². The second kappa shape index (κ2) is 9.20. The highest BCUT2D eigenvalue weighted by atomic mass is 16.5. The van der Waals surface area contributed by atoms with Gasteiger partial charge in [-0.2, -0.15) is 0 Å². The minimum absolute atomic E-state index is 0.00178. The van der Waals surface area contributed by atoms with Crippen LogP contribution in [0.15, 0.2) is 24.3 Å². The van der Waals surface area contributed by atoms with E-state index < -0.39 is 0 Å². The van der Waals surface area contributed by atoms with E-state index in [-0.39, 0.29) is 18.6 Å². The Morgan fingerprint density at radius 3 is 2.75 bits per heavy atom. The van der Waals surface area contributed by atoms with Gasteiger partial charge >= 0.3 is 0 Å². The molecule has 5 nitrogen and oxygen atoms in total. The van der Waals surface area contributed by atoms with E-state index in [1.165, 1.54) is 0 Å². The summed E-state index contributed by atoms with van der Waals surface area (Å²) in [7, 11) is 1.59. The largest absolute Gasteiger partial charge is 0.497 e. The quantitative estimate of drug-likeness (QED) is 0.703. The predicted octanol–water partition coefficient (Wildman–Crippen LogP) is 2.01. The second-order valence-electron chi connectivity index (χ2n) is 4.59. The van der Waals surface area contributed by atoms with Crippen molar-refractivity contribution in [2.45, 2.75) is 26.4 Å². The molecule has 0 bridgehead atoms. The maximum absolute atomic E-state index is 11.6. The van der Waals surface area contributed by atoms with E-state index in [4.69, 9.17) is 14.2 Å². The highest BCUT2D eigenvalue weighted by molar-refractivity contribution is 5.77. The molecule has 0 fully saturated rings. The Labute approximate surface area is 120 Å². The van der Waals surface area contributed by atoms with Crippen molar-refractivity contribution in [1.82, 2.24) is 5.32 Å². The summed E-state index contributed by atoms with van der Waals surface area (Å²) in [5.41, 5.74) is 0. The number of carbonyl (C=O) groups is 1. The van der Waals surface area contributed by atoms with Crippen LogP contribution in [0.4, 0.5) is 0 Å². The van der Waals surface area contributed by atoms with Crippen molar-refractivity contribution >= 4 is 5.91 Å². The molecule has 1 rings (SSSR count). The van der Waals surface area contributed by atoms with Gasteiger partial charge in [0.15, 0.2) is 6.61 Å². The Kier molecular flexibility index (Phi) is 7.50. The standard InChI is InChI=1S/C15H23NO4/c1-12(2)19-9-5-8-16-15(17)11-20-14-7-4-6-13(10-14)18-3/h4,6-7,10,12H,5,8-9,11H2,1-3H3,(H,16,17). The minimum Gasteiger partial charge on any atom is -0.497 e. The van der Waals surface area contributed by atoms with Crippen LogP contribution in [0.5, 0.6) is 11.5 Å². The predicted molar refractivity (Wildman–Crippen MR) is 77.2 cm³/mol. The Balaban J connectivity index is 2.16. The molecule has 1 amide bonds. The Morgan fingerprint density at radius 2 is 2.05 bits per heavy atom. The van der Waals surface area contributed by atoms with E-state index in [1.54, 1.807) is 19.2 Å². The molecule has 20 heavy (non-hydrogen) atoms. The zero-order valence-electron chi connectivity index (χ0n) is 12.3. The summed E-state index contributed by atoms with van der Waals surface area (Å²) >= 11 is 0. The van der Waals surface area contributed by atoms with E-state index in [0.717, 1.165) is 6.42 Å². The zero-order chi connectivity index (χ0) is 14.8. The molecular weight excluding hydrogens is 258 g/mol. The number of amides is 1. The molecule has 1 aromatic rings. The van der Waals surface area contributed by atoms with Crippen LogP contribution in [-0.4, -0.2) is 38.9 Å². The van der Waals surface area contributed by atoms with Gasteiger partial charge in [-0.15, -0.1) is 0 Å². The number of hydrogen-bond donors (Lipinski definition) is 1. The van der Waals surface area contributed by atoms with Gasteiger partial charge in [-0.25, -0.2) is 0 Å². The minimum atomic E-state index is -0.141. The Hall–Kier alpha value is -1.75. The number of methoxy groups -OCH3 is 1. The smallest absolute Gasteiger partial charge is 0.257 e. The van der Waals surface area contributed by atoms with Crippen LogP contribution in [-0.2, 0) is 9.53 Å². The summed E-state index contributed by atoms with van der Waals surface area (Å²) in [5, 5.41) is 2.78. The summed E-state index contributed by atoms with van der Waals surface area (Å²) in [6, 6.07) is 7.16. The molecule has 0 saturated heterocycles. The maximum atomic E-state index is 11.6. The average molecular weight is 281 g/mol. The van der Waals surface area contributed by atoms with Crippen molar-refractivity contribution in [3.05, 3.63) is 24.3 Å². The van der Waals surface area contributed by atoms with Gasteiger partial charge in [0, 0.05) is 19.2 Å². The number of rotatable bonds is 9. The normalized spacial score (nSPS) is 10.4. The summed E-state index contributed by atoms with van der Waals surface area (Å²) < 4.78 is 15.8. The lowest BCUT2D eigenvalue weighted by Crippen LogP contribution is -2.30. The number of ether oxygens (including phenoxy) is 3. The molecule has 0 aliphatic heterocycles. The molecule has 0 aliphatic carbocycles. The molecule has 1 aromatic carbocycles. The number of hydrogen-bond acceptors (Lipinski definition) is 4. The van der Waals surface area contributed by atoms with E-state index in [1.807, 2.05) is 26.0 Å². The average Bonchev–Trinajstić information content (AvgIpc) is 2.44. The van der Waals surface area contributed by atoms with Gasteiger partial charge in [0.2, 0.25) is 0 Å². The molecule has 1 N–H and O–H groups in total. The molecule has 0 saturated carbocycles. The molecule has 0 aromatic heterocycles. The van der Waals surface area contributed by atoms with Crippen molar-refractivity contribution in [2.24, 2.45) is 0 Å². The fourth-order valence-electron chi connectivity index (χ4n) is 1.51. The molecule has 0 atom stereocenters. The molecule has 0 heterocycles. The highest BCUT2D eigenvalue weighted by Crippen LogP contribution is 2.18. The SMILES string of the molecule is COc1cccc(OCC(=O)NCCCOC(C)C)c1. The third-order valence-electron chi connectivity index (χ3n) is 2.51. The fraction of sp³-hybridized carbons (Fsp3) is 0.533. The van der Waals surface area contributed by atoms with E-state index in [2.05, 4.69) is 5.32 Å². The molecule has 112 valence electrons. The van der Waals surface area contributed by atoms with E-state index >= 15 is 0 Å². The van der Waals surface area contributed by atoms with E-state index in [0.29, 0.717) is 24.7 Å². The monoisotopic (exact) mass is 281 g/mol. The van der Waals surface area contributed by atoms with Gasteiger partial charge in [0.1, 0.15) is 11.5 Å². The Bertz CT molecular complexity index is 407. The van der Waals surface area contributed by atoms with Gasteiger partial charge < -0.3 is 19.5 Å². The number of carbonyl (C=O) groups excluding carboxylic acids is 1. The summed E-state index contributed by atoms with van der Waals surface area (Å²) in [6.45, 7) is 5.21. The molecule has 0 aliphatic rings. The first-order chi connectivity index (χ1) is 9.61.